The molecule has 11 heteroatoms. The highest BCUT2D eigenvalue weighted by Crippen LogP contribution is 2.31. The van der Waals surface area contributed by atoms with Gasteiger partial charge in [0.05, 0.1) is 18.9 Å². The van der Waals surface area contributed by atoms with Gasteiger partial charge in [-0.3, -0.25) is 4.98 Å². The molecule has 174 valence electrons. The number of aromatic nitrogens is 4. The minimum Gasteiger partial charge on any atom is -0.493 e. The van der Waals surface area contributed by atoms with Crippen LogP contribution in [0.1, 0.15) is 16.7 Å². The van der Waals surface area contributed by atoms with Crippen molar-refractivity contribution in [3.05, 3.63) is 88.3 Å². The van der Waals surface area contributed by atoms with E-state index >= 15 is 0 Å². The van der Waals surface area contributed by atoms with E-state index in [2.05, 4.69) is 20.3 Å². The maximum absolute atomic E-state index is 12.9. The van der Waals surface area contributed by atoms with Crippen LogP contribution in [0, 0.1) is 4.77 Å². The van der Waals surface area contributed by atoms with Gasteiger partial charge in [-0.1, -0.05) is 18.2 Å². The monoisotopic (exact) mass is 485 g/mol. The smallest absolute Gasteiger partial charge is 0.416 e. The SMILES string of the molecule is COc1cc(/C=N\n2c(-c3ccccn3)n[nH]c2=S)ccc1OCc1cccc(C(F)(F)F)c1. The number of H-pyrrole nitrogens is 1. The summed E-state index contributed by atoms with van der Waals surface area (Å²) in [5.41, 5.74) is 0.940. The molecule has 0 saturated carbocycles. The van der Waals surface area contributed by atoms with Gasteiger partial charge in [0.2, 0.25) is 10.6 Å². The van der Waals surface area contributed by atoms with Crippen molar-refractivity contribution in [1.29, 1.82) is 0 Å². The number of halogens is 3. The lowest BCUT2D eigenvalue weighted by Crippen LogP contribution is -2.06. The van der Waals surface area contributed by atoms with E-state index in [9.17, 15) is 13.2 Å². The fourth-order valence-electron chi connectivity index (χ4n) is 3.07. The Bertz CT molecular complexity index is 1370. The second kappa shape index (κ2) is 9.87. The quantitative estimate of drug-likeness (QED) is 0.277. The molecule has 4 rings (SSSR count). The third-order valence-corrected chi connectivity index (χ3v) is 4.97. The van der Waals surface area contributed by atoms with Crippen molar-refractivity contribution in [2.45, 2.75) is 12.8 Å². The number of ether oxygens (including phenoxy) is 2. The lowest BCUT2D eigenvalue weighted by Gasteiger charge is -2.12. The molecule has 0 aliphatic rings. The number of alkyl halides is 3. The first-order chi connectivity index (χ1) is 16.3. The maximum Gasteiger partial charge on any atom is 0.416 e. The Morgan fingerprint density at radius 1 is 1.09 bits per heavy atom. The second-order valence-corrected chi connectivity index (χ2v) is 7.41. The summed E-state index contributed by atoms with van der Waals surface area (Å²) in [5, 5.41) is 11.3. The molecule has 0 amide bonds. The summed E-state index contributed by atoms with van der Waals surface area (Å²) >= 11 is 5.26. The number of aromatic amines is 1. The van der Waals surface area contributed by atoms with Crippen LogP contribution in [0.3, 0.4) is 0 Å². The van der Waals surface area contributed by atoms with E-state index in [1.54, 1.807) is 48.8 Å². The van der Waals surface area contributed by atoms with Crippen LogP contribution in [0.15, 0.2) is 72.0 Å². The summed E-state index contributed by atoms with van der Waals surface area (Å²) in [4.78, 5) is 4.26. The molecule has 2 aromatic carbocycles. The molecule has 2 aromatic heterocycles. The van der Waals surface area contributed by atoms with Crippen molar-refractivity contribution in [2.24, 2.45) is 5.10 Å². The van der Waals surface area contributed by atoms with Crippen LogP contribution in [0.4, 0.5) is 13.2 Å². The van der Waals surface area contributed by atoms with Crippen LogP contribution >= 0.6 is 12.2 Å². The van der Waals surface area contributed by atoms with Gasteiger partial charge in [-0.2, -0.15) is 28.0 Å². The number of nitrogens with zero attached hydrogens (tertiary/aromatic N) is 4. The van der Waals surface area contributed by atoms with E-state index in [0.717, 1.165) is 12.1 Å². The first kappa shape index (κ1) is 23.2. The molecule has 0 saturated heterocycles. The fourth-order valence-corrected chi connectivity index (χ4v) is 3.25. The van der Waals surface area contributed by atoms with Gasteiger partial charge in [0, 0.05) is 6.20 Å². The van der Waals surface area contributed by atoms with Crippen molar-refractivity contribution in [1.82, 2.24) is 19.9 Å². The van der Waals surface area contributed by atoms with Crippen molar-refractivity contribution in [3.63, 3.8) is 0 Å². The average molecular weight is 485 g/mol. The zero-order valence-electron chi connectivity index (χ0n) is 17.8. The number of nitrogens with one attached hydrogen (secondary N) is 1. The summed E-state index contributed by atoms with van der Waals surface area (Å²) in [7, 11) is 1.47. The Morgan fingerprint density at radius 3 is 2.68 bits per heavy atom. The molecular weight excluding hydrogens is 467 g/mol. The third kappa shape index (κ3) is 5.31. The van der Waals surface area contributed by atoms with Gasteiger partial charge >= 0.3 is 6.18 Å². The van der Waals surface area contributed by atoms with Crippen molar-refractivity contribution in [2.75, 3.05) is 7.11 Å². The number of hydrogen-bond acceptors (Lipinski definition) is 6. The highest BCUT2D eigenvalue weighted by Gasteiger charge is 2.30. The number of pyridine rings is 1. The van der Waals surface area contributed by atoms with E-state index < -0.39 is 11.7 Å². The van der Waals surface area contributed by atoms with Gasteiger partial charge in [0.1, 0.15) is 12.3 Å². The fraction of sp³-hybridized carbons (Fsp3) is 0.130. The van der Waals surface area contributed by atoms with Gasteiger partial charge in [0.25, 0.3) is 0 Å². The van der Waals surface area contributed by atoms with Crippen molar-refractivity contribution < 1.29 is 22.6 Å². The van der Waals surface area contributed by atoms with Crippen LogP contribution in [0.25, 0.3) is 11.5 Å². The van der Waals surface area contributed by atoms with Crippen molar-refractivity contribution in [3.8, 4) is 23.0 Å². The molecule has 0 bridgehead atoms. The zero-order valence-corrected chi connectivity index (χ0v) is 18.6. The lowest BCUT2D eigenvalue weighted by molar-refractivity contribution is -0.137. The molecule has 4 aromatic rings. The molecule has 0 fully saturated rings. The van der Waals surface area contributed by atoms with Gasteiger partial charge in [-0.25, -0.2) is 5.10 Å². The van der Waals surface area contributed by atoms with Crippen LogP contribution in [0.5, 0.6) is 11.5 Å². The topological polar surface area (TPSA) is 77.3 Å². The lowest BCUT2D eigenvalue weighted by atomic mass is 10.1. The summed E-state index contributed by atoms with van der Waals surface area (Å²) < 4.78 is 51.6. The summed E-state index contributed by atoms with van der Waals surface area (Å²) in [6, 6.07) is 15.5. The Morgan fingerprint density at radius 2 is 1.94 bits per heavy atom. The van der Waals surface area contributed by atoms with Crippen LogP contribution < -0.4 is 9.47 Å². The largest absolute Gasteiger partial charge is 0.493 e. The van der Waals surface area contributed by atoms with E-state index in [0.29, 0.717) is 38.9 Å². The highest BCUT2D eigenvalue weighted by molar-refractivity contribution is 7.71. The number of benzene rings is 2. The van der Waals surface area contributed by atoms with Gasteiger partial charge < -0.3 is 9.47 Å². The molecule has 1 N–H and O–H groups in total. The van der Waals surface area contributed by atoms with Gasteiger partial charge in [-0.15, -0.1) is 0 Å². The third-order valence-electron chi connectivity index (χ3n) is 4.70. The molecule has 0 atom stereocenters. The van der Waals surface area contributed by atoms with Crippen LogP contribution in [-0.2, 0) is 12.8 Å². The molecule has 0 radical (unpaired) electrons. The van der Waals surface area contributed by atoms with E-state index in [1.807, 2.05) is 6.07 Å². The molecule has 0 aliphatic carbocycles. The molecule has 0 unspecified atom stereocenters. The Balaban J connectivity index is 1.52. The normalized spacial score (nSPS) is 11.6. The molecule has 34 heavy (non-hydrogen) atoms. The number of rotatable bonds is 7. The average Bonchev–Trinajstić information content (AvgIpc) is 3.22. The van der Waals surface area contributed by atoms with Gasteiger partial charge in [0.15, 0.2) is 11.5 Å². The summed E-state index contributed by atoms with van der Waals surface area (Å²) in [6.07, 6.45) is -1.20. The first-order valence-electron chi connectivity index (χ1n) is 9.95. The number of methoxy groups -OCH3 is 1. The van der Waals surface area contributed by atoms with Crippen LogP contribution in [-0.4, -0.2) is 33.2 Å². The predicted octanol–water partition coefficient (Wildman–Crippen LogP) is 5.49. The summed E-state index contributed by atoms with van der Waals surface area (Å²) in [6.45, 7) is -0.0503. The minimum absolute atomic E-state index is 0.0503. The maximum atomic E-state index is 12.9. The highest BCUT2D eigenvalue weighted by atomic mass is 32.1. The predicted molar refractivity (Wildman–Crippen MR) is 122 cm³/mol. The second-order valence-electron chi connectivity index (χ2n) is 7.02. The first-order valence-corrected chi connectivity index (χ1v) is 10.4. The van der Waals surface area contributed by atoms with E-state index in [-0.39, 0.29) is 6.61 Å². The molecule has 2 heterocycles. The summed E-state index contributed by atoms with van der Waals surface area (Å²) in [5.74, 6) is 1.23. The van der Waals surface area contributed by atoms with Crippen molar-refractivity contribution >= 4 is 18.4 Å². The molecule has 7 nitrogen and oxygen atoms in total. The standard InChI is InChI=1S/C23H18F3N5O2S/c1-32-20-12-15(13-28-31-21(29-30-22(31)34)18-7-2-3-10-27-18)8-9-19(20)33-14-16-5-4-6-17(11-16)23(24,25)26/h2-13H,14H2,1H3,(H,30,34)/b28-13-. The molecule has 0 spiro atoms. The molecular formula is C23H18F3N5O2S. The number of hydrogen-bond donors (Lipinski definition) is 1. The zero-order chi connectivity index (χ0) is 24.1. The minimum atomic E-state index is -4.41. The molecule has 0 aliphatic heterocycles. The Labute approximate surface area is 197 Å². The van der Waals surface area contributed by atoms with E-state index in [4.69, 9.17) is 21.7 Å². The van der Waals surface area contributed by atoms with E-state index in [1.165, 1.54) is 17.9 Å². The Kier molecular flexibility index (Phi) is 6.73. The Hall–Kier alpha value is -3.99. The van der Waals surface area contributed by atoms with Crippen LogP contribution in [0.2, 0.25) is 0 Å². The van der Waals surface area contributed by atoms with Gasteiger partial charge in [-0.05, 0) is 65.8 Å².